The van der Waals surface area contributed by atoms with Crippen molar-refractivity contribution < 1.29 is 4.74 Å². The molecule has 0 aromatic rings. The van der Waals surface area contributed by atoms with Crippen molar-refractivity contribution in [3.05, 3.63) is 11.8 Å². The summed E-state index contributed by atoms with van der Waals surface area (Å²) in [6.07, 6.45) is 1.67. The monoisotopic (exact) mass is 128 g/mol. The van der Waals surface area contributed by atoms with Crippen molar-refractivity contribution in [2.45, 2.75) is 6.92 Å². The van der Waals surface area contributed by atoms with Crippen LogP contribution in [0.25, 0.3) is 0 Å². The van der Waals surface area contributed by atoms with Crippen LogP contribution in [-0.4, -0.2) is 20.1 Å². The highest BCUT2D eigenvalue weighted by Gasteiger charge is 1.87. The Kier molecular flexibility index (Phi) is 3.51. The van der Waals surface area contributed by atoms with Gasteiger partial charge < -0.3 is 10.5 Å². The minimum absolute atomic E-state index is 0.551. The Morgan fingerprint density at radius 1 is 1.67 bits per heavy atom. The fourth-order valence-corrected chi connectivity index (χ4v) is 0.410. The van der Waals surface area contributed by atoms with Crippen LogP contribution in [0.15, 0.2) is 16.8 Å². The van der Waals surface area contributed by atoms with Crippen LogP contribution in [-0.2, 0) is 4.74 Å². The molecule has 0 amide bonds. The van der Waals surface area contributed by atoms with Gasteiger partial charge in [0.05, 0.1) is 7.11 Å². The highest BCUT2D eigenvalue weighted by Crippen LogP contribution is 1.84. The molecule has 0 heterocycles. The van der Waals surface area contributed by atoms with Crippen molar-refractivity contribution >= 4 is 5.90 Å². The molecule has 0 unspecified atom stereocenters. The second-order valence-corrected chi connectivity index (χ2v) is 1.65. The van der Waals surface area contributed by atoms with Crippen LogP contribution < -0.4 is 5.73 Å². The van der Waals surface area contributed by atoms with Gasteiger partial charge in [-0.3, -0.25) is 4.99 Å². The third-order valence-corrected chi connectivity index (χ3v) is 0.781. The predicted molar refractivity (Wildman–Crippen MR) is 38.3 cm³/mol. The lowest BCUT2D eigenvalue weighted by Gasteiger charge is -1.96. The molecule has 0 aliphatic carbocycles. The predicted octanol–water partition coefficient (Wildman–Crippen LogP) is 0.524. The first-order chi connectivity index (χ1) is 4.20. The molecule has 0 radical (unpaired) electrons. The molecule has 0 atom stereocenters. The lowest BCUT2D eigenvalue weighted by molar-refractivity contribution is 0.406. The quantitative estimate of drug-likeness (QED) is 0.413. The summed E-state index contributed by atoms with van der Waals surface area (Å²) < 4.78 is 4.80. The van der Waals surface area contributed by atoms with Crippen LogP contribution in [0.4, 0.5) is 0 Å². The molecule has 52 valence electrons. The summed E-state index contributed by atoms with van der Waals surface area (Å²) in [6.45, 7) is 1.78. The van der Waals surface area contributed by atoms with Crippen molar-refractivity contribution in [2.75, 3.05) is 14.2 Å². The fraction of sp³-hybridized carbons (Fsp3) is 0.500. The Morgan fingerprint density at radius 3 is 2.33 bits per heavy atom. The number of rotatable bonds is 1. The number of aliphatic imine (C=N–C) groups is 1. The van der Waals surface area contributed by atoms with Crippen molar-refractivity contribution in [3.8, 4) is 0 Å². The summed E-state index contributed by atoms with van der Waals surface area (Å²) >= 11 is 0. The second-order valence-electron chi connectivity index (χ2n) is 1.65. The lowest BCUT2D eigenvalue weighted by atomic mass is 10.4. The van der Waals surface area contributed by atoms with E-state index in [4.69, 9.17) is 10.5 Å². The van der Waals surface area contributed by atoms with Gasteiger partial charge in [-0.2, -0.15) is 0 Å². The Bertz CT molecular complexity index is 134. The Morgan fingerprint density at radius 2 is 2.22 bits per heavy atom. The van der Waals surface area contributed by atoms with Gasteiger partial charge >= 0.3 is 0 Å². The third kappa shape index (κ3) is 3.58. The van der Waals surface area contributed by atoms with E-state index in [1.54, 1.807) is 27.2 Å². The molecule has 0 aromatic carbocycles. The molecule has 0 aromatic heterocycles. The van der Waals surface area contributed by atoms with Gasteiger partial charge in [0.15, 0.2) is 0 Å². The first-order valence-electron chi connectivity index (χ1n) is 2.65. The number of methoxy groups -OCH3 is 1. The van der Waals surface area contributed by atoms with Crippen LogP contribution >= 0.6 is 0 Å². The van der Waals surface area contributed by atoms with E-state index in [0.29, 0.717) is 11.6 Å². The highest BCUT2D eigenvalue weighted by atomic mass is 16.5. The van der Waals surface area contributed by atoms with Crippen molar-refractivity contribution in [2.24, 2.45) is 10.7 Å². The summed E-state index contributed by atoms with van der Waals surface area (Å²) in [6, 6.07) is 0. The molecule has 0 rings (SSSR count). The van der Waals surface area contributed by atoms with Crippen LogP contribution in [0.2, 0.25) is 0 Å². The van der Waals surface area contributed by atoms with Crippen LogP contribution in [0.3, 0.4) is 0 Å². The largest absolute Gasteiger partial charge is 0.481 e. The van der Waals surface area contributed by atoms with E-state index < -0.39 is 0 Å². The lowest BCUT2D eigenvalue weighted by Crippen LogP contribution is -2.01. The Labute approximate surface area is 55.2 Å². The average molecular weight is 128 g/mol. The molecule has 0 spiro atoms. The van der Waals surface area contributed by atoms with E-state index in [9.17, 15) is 0 Å². The van der Waals surface area contributed by atoms with Crippen LogP contribution in [0.5, 0.6) is 0 Å². The van der Waals surface area contributed by atoms with Gasteiger partial charge in [0.2, 0.25) is 5.90 Å². The van der Waals surface area contributed by atoms with E-state index in [2.05, 4.69) is 4.99 Å². The number of allylic oxidation sites excluding steroid dienone is 1. The molecule has 0 aliphatic heterocycles. The van der Waals surface area contributed by atoms with Gasteiger partial charge in [-0.1, -0.05) is 0 Å². The van der Waals surface area contributed by atoms with Gasteiger partial charge in [-0.05, 0) is 6.92 Å². The minimum atomic E-state index is 0.551. The maximum absolute atomic E-state index is 5.34. The molecular formula is C6H12N2O. The fourth-order valence-electron chi connectivity index (χ4n) is 0.410. The number of nitrogens with two attached hydrogens (primary N) is 1. The van der Waals surface area contributed by atoms with E-state index in [1.165, 1.54) is 0 Å². The molecule has 0 bridgehead atoms. The zero-order valence-corrected chi connectivity index (χ0v) is 6.01. The molecule has 3 heteroatoms. The normalized spacial score (nSPS) is 13.7. The van der Waals surface area contributed by atoms with Crippen molar-refractivity contribution in [1.82, 2.24) is 0 Å². The molecule has 0 saturated carbocycles. The van der Waals surface area contributed by atoms with Gasteiger partial charge in [0.25, 0.3) is 0 Å². The first kappa shape index (κ1) is 8.01. The molecular weight excluding hydrogens is 116 g/mol. The maximum Gasteiger partial charge on any atom is 0.209 e. The van der Waals surface area contributed by atoms with Gasteiger partial charge in [-0.25, -0.2) is 0 Å². The standard InChI is InChI=1S/C6H12N2O/c1-5(7)4-6(8-2)9-3/h4H,7H2,1-3H3. The molecule has 2 N–H and O–H groups in total. The van der Waals surface area contributed by atoms with E-state index in [1.807, 2.05) is 0 Å². The summed E-state index contributed by atoms with van der Waals surface area (Å²) in [4.78, 5) is 3.78. The Hall–Kier alpha value is -0.990. The van der Waals surface area contributed by atoms with Crippen LogP contribution in [0, 0.1) is 0 Å². The molecule has 0 fully saturated rings. The zero-order valence-electron chi connectivity index (χ0n) is 6.01. The summed E-state index contributed by atoms with van der Waals surface area (Å²) in [5, 5.41) is 0. The minimum Gasteiger partial charge on any atom is -0.481 e. The summed E-state index contributed by atoms with van der Waals surface area (Å²) in [7, 11) is 3.21. The van der Waals surface area contributed by atoms with Crippen LogP contribution in [0.1, 0.15) is 6.92 Å². The Balaban J connectivity index is 4.01. The van der Waals surface area contributed by atoms with Gasteiger partial charge in [0, 0.05) is 18.8 Å². The number of ether oxygens (including phenoxy) is 1. The SMILES string of the molecule is CN=C(C=C(C)N)OC. The van der Waals surface area contributed by atoms with E-state index in [0.717, 1.165) is 0 Å². The van der Waals surface area contributed by atoms with Gasteiger partial charge in [0.1, 0.15) is 0 Å². The second kappa shape index (κ2) is 3.95. The molecule has 3 nitrogen and oxygen atoms in total. The molecule has 9 heavy (non-hydrogen) atoms. The van der Waals surface area contributed by atoms with Crippen molar-refractivity contribution in [1.29, 1.82) is 0 Å². The average Bonchev–Trinajstić information content (AvgIpc) is 1.82. The number of hydrogen-bond donors (Lipinski definition) is 1. The van der Waals surface area contributed by atoms with Crippen molar-refractivity contribution in [3.63, 3.8) is 0 Å². The molecule has 0 aliphatic rings. The van der Waals surface area contributed by atoms with E-state index >= 15 is 0 Å². The number of hydrogen-bond acceptors (Lipinski definition) is 3. The van der Waals surface area contributed by atoms with E-state index in [-0.39, 0.29) is 0 Å². The maximum atomic E-state index is 5.34. The zero-order chi connectivity index (χ0) is 7.28. The highest BCUT2D eigenvalue weighted by molar-refractivity contribution is 5.87. The summed E-state index contributed by atoms with van der Waals surface area (Å²) in [5.74, 6) is 0.551. The summed E-state index contributed by atoms with van der Waals surface area (Å²) in [5.41, 5.74) is 6.04. The topological polar surface area (TPSA) is 47.6 Å². The smallest absolute Gasteiger partial charge is 0.209 e. The van der Waals surface area contributed by atoms with Gasteiger partial charge in [-0.15, -0.1) is 0 Å². The molecule has 0 saturated heterocycles. The third-order valence-electron chi connectivity index (χ3n) is 0.781. The number of nitrogens with zero attached hydrogens (tertiary/aromatic N) is 1. The first-order valence-corrected chi connectivity index (χ1v) is 2.65.